The SMILES string of the molecule is O=C1c2ccc(F)cc2CC[C@@H]2CC[C@H](c3nc(-c4ncccn4)cs3)CN12. The van der Waals surface area contributed by atoms with Gasteiger partial charge in [-0.3, -0.25) is 4.79 Å². The van der Waals surface area contributed by atoms with Crippen LogP contribution in [0.2, 0.25) is 0 Å². The highest BCUT2D eigenvalue weighted by Crippen LogP contribution is 2.37. The van der Waals surface area contributed by atoms with Crippen molar-refractivity contribution < 1.29 is 9.18 Å². The number of halogens is 1. The molecule has 0 radical (unpaired) electrons. The molecule has 0 unspecified atom stereocenters. The Balaban J connectivity index is 1.40. The number of hydrogen-bond acceptors (Lipinski definition) is 5. The zero-order valence-electron chi connectivity index (χ0n) is 15.2. The van der Waals surface area contributed by atoms with E-state index in [1.807, 2.05) is 10.3 Å². The quantitative estimate of drug-likeness (QED) is 0.657. The number of fused-ring (bicyclic) bond motifs is 2. The minimum Gasteiger partial charge on any atom is -0.335 e. The Morgan fingerprint density at radius 3 is 2.86 bits per heavy atom. The van der Waals surface area contributed by atoms with Crippen molar-refractivity contribution in [2.24, 2.45) is 0 Å². The minimum atomic E-state index is -0.275. The van der Waals surface area contributed by atoms with Crippen LogP contribution in [0.3, 0.4) is 0 Å². The van der Waals surface area contributed by atoms with Gasteiger partial charge in [-0.2, -0.15) is 0 Å². The van der Waals surface area contributed by atoms with Gasteiger partial charge in [0.25, 0.3) is 5.91 Å². The third kappa shape index (κ3) is 3.09. The van der Waals surface area contributed by atoms with Crippen molar-refractivity contribution in [1.29, 1.82) is 0 Å². The van der Waals surface area contributed by atoms with Crippen LogP contribution in [0.15, 0.2) is 42.0 Å². The standard InChI is InChI=1S/C21H19FN4OS/c22-15-4-7-17-13(10-15)2-5-16-6-3-14(11-26(16)21(17)27)20-25-18(12-28-20)19-23-8-1-9-24-19/h1,4,7-10,12,14,16H,2-3,5-6,11H2/t14-,16+/m0/s1. The number of carbonyl (C=O) groups is 1. The van der Waals surface area contributed by atoms with E-state index in [4.69, 9.17) is 4.98 Å². The molecule has 1 saturated heterocycles. The summed E-state index contributed by atoms with van der Waals surface area (Å²) in [6.07, 6.45) is 7.00. The van der Waals surface area contributed by atoms with Gasteiger partial charge in [0, 0.05) is 41.8 Å². The van der Waals surface area contributed by atoms with Crippen molar-refractivity contribution in [3.63, 3.8) is 0 Å². The van der Waals surface area contributed by atoms with Crippen LogP contribution in [0.5, 0.6) is 0 Å². The molecule has 0 bridgehead atoms. The maximum Gasteiger partial charge on any atom is 0.254 e. The van der Waals surface area contributed by atoms with Crippen LogP contribution in [0.25, 0.3) is 11.5 Å². The molecule has 0 spiro atoms. The molecular formula is C21H19FN4OS. The average Bonchev–Trinajstić information content (AvgIpc) is 3.18. The highest BCUT2D eigenvalue weighted by Gasteiger charge is 2.36. The van der Waals surface area contributed by atoms with E-state index in [1.165, 1.54) is 12.1 Å². The van der Waals surface area contributed by atoms with Crippen LogP contribution in [-0.2, 0) is 6.42 Å². The van der Waals surface area contributed by atoms with E-state index < -0.39 is 0 Å². The molecule has 1 fully saturated rings. The molecule has 28 heavy (non-hydrogen) atoms. The van der Waals surface area contributed by atoms with Crippen molar-refractivity contribution in [3.8, 4) is 11.5 Å². The molecule has 1 amide bonds. The van der Waals surface area contributed by atoms with Gasteiger partial charge in [-0.1, -0.05) is 0 Å². The molecule has 0 aliphatic carbocycles. The molecule has 3 aromatic rings. The first-order valence-electron chi connectivity index (χ1n) is 9.51. The van der Waals surface area contributed by atoms with Gasteiger partial charge in [-0.05, 0) is 55.5 Å². The van der Waals surface area contributed by atoms with E-state index in [2.05, 4.69) is 9.97 Å². The van der Waals surface area contributed by atoms with Gasteiger partial charge in [0.1, 0.15) is 11.5 Å². The second kappa shape index (κ2) is 7.05. The predicted molar refractivity (Wildman–Crippen MR) is 105 cm³/mol. The minimum absolute atomic E-state index is 0.0189. The largest absolute Gasteiger partial charge is 0.335 e. The first-order chi connectivity index (χ1) is 13.7. The number of hydrogen-bond donors (Lipinski definition) is 0. The molecule has 2 aliphatic rings. The lowest BCUT2D eigenvalue weighted by molar-refractivity contribution is 0.0588. The van der Waals surface area contributed by atoms with Crippen LogP contribution in [0.4, 0.5) is 4.39 Å². The van der Waals surface area contributed by atoms with E-state index >= 15 is 0 Å². The Hall–Kier alpha value is -2.67. The number of nitrogens with zero attached hydrogens (tertiary/aromatic N) is 4. The summed E-state index contributed by atoms with van der Waals surface area (Å²) in [5.41, 5.74) is 2.25. The van der Waals surface area contributed by atoms with Crippen molar-refractivity contribution >= 4 is 17.2 Å². The molecule has 4 heterocycles. The monoisotopic (exact) mass is 394 g/mol. The summed E-state index contributed by atoms with van der Waals surface area (Å²) in [5, 5.41) is 3.01. The van der Waals surface area contributed by atoms with Crippen molar-refractivity contribution in [2.45, 2.75) is 37.6 Å². The Bertz CT molecular complexity index is 1020. The smallest absolute Gasteiger partial charge is 0.254 e. The number of benzene rings is 1. The molecule has 2 aromatic heterocycles. The Labute approximate surface area is 166 Å². The van der Waals surface area contributed by atoms with Gasteiger partial charge >= 0.3 is 0 Å². The summed E-state index contributed by atoms with van der Waals surface area (Å²) in [4.78, 5) is 28.4. The Morgan fingerprint density at radius 2 is 2.00 bits per heavy atom. The number of piperidine rings is 1. The molecule has 5 nitrogen and oxygen atoms in total. The number of thiazole rings is 1. The van der Waals surface area contributed by atoms with Gasteiger partial charge in [-0.15, -0.1) is 11.3 Å². The molecule has 1 aromatic carbocycles. The maximum absolute atomic E-state index is 13.6. The molecule has 7 heteroatoms. The molecule has 142 valence electrons. The Kier molecular flexibility index (Phi) is 4.39. The highest BCUT2D eigenvalue weighted by atomic mass is 32.1. The topological polar surface area (TPSA) is 59.0 Å². The number of aromatic nitrogens is 3. The molecule has 5 rings (SSSR count). The van der Waals surface area contributed by atoms with E-state index in [-0.39, 0.29) is 23.7 Å². The zero-order chi connectivity index (χ0) is 19.1. The third-order valence-electron chi connectivity index (χ3n) is 5.68. The summed E-state index contributed by atoms with van der Waals surface area (Å²) >= 11 is 1.61. The molecular weight excluding hydrogens is 375 g/mol. The molecule has 2 aliphatic heterocycles. The van der Waals surface area contributed by atoms with Crippen LogP contribution < -0.4 is 0 Å². The third-order valence-corrected chi connectivity index (χ3v) is 6.68. The van der Waals surface area contributed by atoms with E-state index in [0.717, 1.165) is 41.9 Å². The number of amides is 1. The lowest BCUT2D eigenvalue weighted by atomic mass is 9.91. The fourth-order valence-electron chi connectivity index (χ4n) is 4.24. The van der Waals surface area contributed by atoms with E-state index in [9.17, 15) is 9.18 Å². The lowest BCUT2D eigenvalue weighted by Gasteiger charge is -2.38. The predicted octanol–water partition coefficient (Wildman–Crippen LogP) is 4.07. The first-order valence-corrected chi connectivity index (χ1v) is 10.4. The second-order valence-electron chi connectivity index (χ2n) is 7.37. The van der Waals surface area contributed by atoms with Gasteiger partial charge < -0.3 is 4.90 Å². The zero-order valence-corrected chi connectivity index (χ0v) is 16.0. The first kappa shape index (κ1) is 17.4. The molecule has 0 saturated carbocycles. The summed E-state index contributed by atoms with van der Waals surface area (Å²) < 4.78 is 13.6. The molecule has 0 N–H and O–H groups in total. The van der Waals surface area contributed by atoms with Crippen LogP contribution in [0.1, 0.15) is 46.1 Å². The summed E-state index contributed by atoms with van der Waals surface area (Å²) in [5.74, 6) is 0.582. The highest BCUT2D eigenvalue weighted by molar-refractivity contribution is 7.10. The summed E-state index contributed by atoms with van der Waals surface area (Å²) in [7, 11) is 0. The van der Waals surface area contributed by atoms with E-state index in [1.54, 1.807) is 35.9 Å². The van der Waals surface area contributed by atoms with Gasteiger partial charge in [0.05, 0.1) is 5.01 Å². The fourth-order valence-corrected chi connectivity index (χ4v) is 5.17. The number of rotatable bonds is 2. The second-order valence-corrected chi connectivity index (χ2v) is 8.26. The van der Waals surface area contributed by atoms with Gasteiger partial charge in [0.15, 0.2) is 5.82 Å². The number of aryl methyl sites for hydroxylation is 1. The van der Waals surface area contributed by atoms with Crippen LogP contribution in [0, 0.1) is 5.82 Å². The fraction of sp³-hybridized carbons (Fsp3) is 0.333. The van der Waals surface area contributed by atoms with Gasteiger partial charge in [-0.25, -0.2) is 19.3 Å². The summed E-state index contributed by atoms with van der Waals surface area (Å²) in [6, 6.07) is 6.53. The molecule has 2 atom stereocenters. The van der Waals surface area contributed by atoms with Crippen LogP contribution in [-0.4, -0.2) is 38.3 Å². The van der Waals surface area contributed by atoms with Crippen molar-refractivity contribution in [1.82, 2.24) is 19.9 Å². The summed E-state index contributed by atoms with van der Waals surface area (Å²) in [6.45, 7) is 0.656. The Morgan fingerprint density at radius 1 is 1.14 bits per heavy atom. The maximum atomic E-state index is 13.6. The van der Waals surface area contributed by atoms with Crippen LogP contribution >= 0.6 is 11.3 Å². The van der Waals surface area contributed by atoms with E-state index in [0.29, 0.717) is 17.9 Å². The van der Waals surface area contributed by atoms with Crippen molar-refractivity contribution in [2.75, 3.05) is 6.54 Å². The lowest BCUT2D eigenvalue weighted by Crippen LogP contribution is -2.45. The normalized spacial score (nSPS) is 21.8. The van der Waals surface area contributed by atoms with Crippen molar-refractivity contribution in [3.05, 3.63) is 64.0 Å². The van der Waals surface area contributed by atoms with Gasteiger partial charge in [0.2, 0.25) is 0 Å². The average molecular weight is 394 g/mol. The number of carbonyl (C=O) groups excluding carboxylic acids is 1.